The number of rotatable bonds is 6. The first-order valence-electron chi connectivity index (χ1n) is 10.6. The van der Waals surface area contributed by atoms with Gasteiger partial charge in [-0.2, -0.15) is 0 Å². The van der Waals surface area contributed by atoms with E-state index in [1.54, 1.807) is 91.9 Å². The first-order valence-corrected chi connectivity index (χ1v) is 10.6. The summed E-state index contributed by atoms with van der Waals surface area (Å²) in [6.07, 6.45) is 0.722. The van der Waals surface area contributed by atoms with Crippen molar-refractivity contribution in [3.63, 3.8) is 0 Å². The molecule has 0 radical (unpaired) electrons. The van der Waals surface area contributed by atoms with Gasteiger partial charge in [-0.25, -0.2) is 0 Å². The highest BCUT2D eigenvalue weighted by Gasteiger charge is 2.72. The van der Waals surface area contributed by atoms with E-state index in [1.165, 1.54) is 7.11 Å². The van der Waals surface area contributed by atoms with Crippen LogP contribution in [0.2, 0.25) is 0 Å². The lowest BCUT2D eigenvalue weighted by molar-refractivity contribution is -0.215. The Balaban J connectivity index is 2.02. The summed E-state index contributed by atoms with van der Waals surface area (Å²) < 4.78 is 11.8. The van der Waals surface area contributed by atoms with Gasteiger partial charge >= 0.3 is 0 Å². The molecule has 1 aliphatic heterocycles. The molecule has 3 N–H and O–H groups in total. The predicted octanol–water partition coefficient (Wildman–Crippen LogP) is 3.60. The molecular weight excluding hydrogens is 404 g/mol. The van der Waals surface area contributed by atoms with E-state index in [2.05, 4.69) is 0 Å². The molecular formula is C27H28O5. The maximum Gasteiger partial charge on any atom is 0.194 e. The van der Waals surface area contributed by atoms with Gasteiger partial charge in [0.15, 0.2) is 17.5 Å². The monoisotopic (exact) mass is 432 g/mol. The summed E-state index contributed by atoms with van der Waals surface area (Å²) in [7, 11) is 1.41. The van der Waals surface area contributed by atoms with Crippen molar-refractivity contribution >= 4 is 0 Å². The van der Waals surface area contributed by atoms with E-state index in [1.807, 2.05) is 18.2 Å². The molecule has 0 aliphatic carbocycles. The van der Waals surface area contributed by atoms with Crippen molar-refractivity contribution in [3.8, 4) is 0 Å². The van der Waals surface area contributed by atoms with Gasteiger partial charge in [-0.05, 0) is 23.6 Å². The average molecular weight is 433 g/mol. The SMILES string of the molecule is CC=C[C@@](O)(c1ccccc1)[C@H]1O[C@H](OC)[C@@](O)(c2ccccc2)[C@@]1(O)c1ccccc1. The van der Waals surface area contributed by atoms with Crippen molar-refractivity contribution in [2.24, 2.45) is 0 Å². The summed E-state index contributed by atoms with van der Waals surface area (Å²) in [4.78, 5) is 0. The lowest BCUT2D eigenvalue weighted by atomic mass is 9.67. The first-order chi connectivity index (χ1) is 15.4. The average Bonchev–Trinajstić information content (AvgIpc) is 3.10. The topological polar surface area (TPSA) is 79.2 Å². The molecule has 4 rings (SSSR count). The van der Waals surface area contributed by atoms with Crippen LogP contribution in [0.4, 0.5) is 0 Å². The predicted molar refractivity (Wildman–Crippen MR) is 122 cm³/mol. The second-order valence-corrected chi connectivity index (χ2v) is 8.04. The number of methoxy groups -OCH3 is 1. The summed E-state index contributed by atoms with van der Waals surface area (Å²) in [5.41, 5.74) is -4.52. The minimum atomic E-state index is -2.07. The number of ether oxygens (including phenoxy) is 2. The number of hydrogen-bond acceptors (Lipinski definition) is 5. The zero-order valence-electron chi connectivity index (χ0n) is 18.1. The molecule has 166 valence electrons. The van der Waals surface area contributed by atoms with E-state index in [-0.39, 0.29) is 0 Å². The number of benzene rings is 3. The van der Waals surface area contributed by atoms with Gasteiger partial charge in [-0.15, -0.1) is 0 Å². The molecule has 5 heteroatoms. The van der Waals surface area contributed by atoms with Crippen LogP contribution >= 0.6 is 0 Å². The van der Waals surface area contributed by atoms with Crippen molar-refractivity contribution in [1.29, 1.82) is 0 Å². The molecule has 0 amide bonds. The van der Waals surface area contributed by atoms with Gasteiger partial charge in [0.1, 0.15) is 11.7 Å². The third kappa shape index (κ3) is 3.22. The molecule has 1 aliphatic rings. The molecule has 1 saturated heterocycles. The second-order valence-electron chi connectivity index (χ2n) is 8.04. The van der Waals surface area contributed by atoms with Crippen LogP contribution in [0.25, 0.3) is 0 Å². The van der Waals surface area contributed by atoms with E-state index < -0.39 is 29.2 Å². The van der Waals surface area contributed by atoms with Crippen LogP contribution in [0.5, 0.6) is 0 Å². The zero-order chi connectivity index (χ0) is 22.8. The maximum atomic E-state index is 12.5. The Bertz CT molecular complexity index is 1060. The molecule has 0 saturated carbocycles. The lowest BCUT2D eigenvalue weighted by Crippen LogP contribution is -2.59. The van der Waals surface area contributed by atoms with Gasteiger partial charge in [0.2, 0.25) is 0 Å². The van der Waals surface area contributed by atoms with Crippen molar-refractivity contribution in [1.82, 2.24) is 0 Å². The quantitative estimate of drug-likeness (QED) is 0.519. The van der Waals surface area contributed by atoms with Gasteiger partial charge in [-0.3, -0.25) is 0 Å². The third-order valence-electron chi connectivity index (χ3n) is 6.26. The fourth-order valence-electron chi connectivity index (χ4n) is 4.75. The zero-order valence-corrected chi connectivity index (χ0v) is 18.1. The van der Waals surface area contributed by atoms with Crippen LogP contribution in [0.1, 0.15) is 23.6 Å². The highest BCUT2D eigenvalue weighted by molar-refractivity contribution is 5.42. The van der Waals surface area contributed by atoms with Gasteiger partial charge < -0.3 is 24.8 Å². The van der Waals surface area contributed by atoms with Crippen LogP contribution in [0.15, 0.2) is 103 Å². The Morgan fingerprint density at radius 3 is 1.75 bits per heavy atom. The van der Waals surface area contributed by atoms with Crippen molar-refractivity contribution in [2.75, 3.05) is 7.11 Å². The molecule has 0 unspecified atom stereocenters. The minimum Gasteiger partial charge on any atom is -0.379 e. The number of aliphatic hydroxyl groups is 3. The molecule has 3 aromatic rings. The molecule has 0 aromatic heterocycles. The smallest absolute Gasteiger partial charge is 0.194 e. The molecule has 3 aromatic carbocycles. The fourth-order valence-corrected chi connectivity index (χ4v) is 4.75. The highest BCUT2D eigenvalue weighted by atomic mass is 16.7. The summed E-state index contributed by atoms with van der Waals surface area (Å²) in [5.74, 6) is 0. The van der Waals surface area contributed by atoms with Crippen LogP contribution < -0.4 is 0 Å². The summed E-state index contributed by atoms with van der Waals surface area (Å²) in [6.45, 7) is 1.78. The minimum absolute atomic E-state index is 0.398. The fraction of sp³-hybridized carbons (Fsp3) is 0.259. The van der Waals surface area contributed by atoms with Crippen LogP contribution in [0, 0.1) is 0 Å². The molecule has 5 atom stereocenters. The van der Waals surface area contributed by atoms with Crippen molar-refractivity contribution in [3.05, 3.63) is 120 Å². The van der Waals surface area contributed by atoms with E-state index in [0.29, 0.717) is 16.7 Å². The molecule has 1 fully saturated rings. The summed E-state index contributed by atoms with van der Waals surface area (Å²) >= 11 is 0. The van der Waals surface area contributed by atoms with Gasteiger partial charge in [0, 0.05) is 7.11 Å². The van der Waals surface area contributed by atoms with Crippen LogP contribution in [-0.2, 0) is 26.3 Å². The Hall–Kier alpha value is -2.80. The van der Waals surface area contributed by atoms with E-state index in [9.17, 15) is 15.3 Å². The Kier molecular flexibility index (Phi) is 6.03. The lowest BCUT2D eigenvalue weighted by Gasteiger charge is -2.44. The second kappa shape index (κ2) is 8.62. The summed E-state index contributed by atoms with van der Waals surface area (Å²) in [5, 5.41) is 36.7. The standard InChI is InChI=1S/C27H28O5/c1-3-19-25(28,20-13-7-4-8-14-20)23-26(29,21-15-9-5-10-16-21)27(30,24(31-2)32-23)22-17-11-6-12-18-22/h3-19,23-24,28-30H,1-2H3/t23-,24+,25-,26-,27+/m1/s1. The highest BCUT2D eigenvalue weighted by Crippen LogP contribution is 2.57. The number of allylic oxidation sites excluding steroid dienone is 1. The van der Waals surface area contributed by atoms with E-state index in [4.69, 9.17) is 9.47 Å². The molecule has 5 nitrogen and oxygen atoms in total. The largest absolute Gasteiger partial charge is 0.379 e. The molecule has 1 heterocycles. The first kappa shape index (κ1) is 22.4. The van der Waals surface area contributed by atoms with Crippen molar-refractivity contribution < 1.29 is 24.8 Å². The molecule has 32 heavy (non-hydrogen) atoms. The van der Waals surface area contributed by atoms with E-state index in [0.717, 1.165) is 0 Å². The van der Waals surface area contributed by atoms with Crippen molar-refractivity contribution in [2.45, 2.75) is 36.1 Å². The Labute approximate surface area is 188 Å². The van der Waals surface area contributed by atoms with Crippen LogP contribution in [0.3, 0.4) is 0 Å². The van der Waals surface area contributed by atoms with Gasteiger partial charge in [0.05, 0.1) is 0 Å². The van der Waals surface area contributed by atoms with Gasteiger partial charge in [-0.1, -0.05) is 103 Å². The molecule has 0 spiro atoms. The Morgan fingerprint density at radius 1 is 0.812 bits per heavy atom. The van der Waals surface area contributed by atoms with E-state index >= 15 is 0 Å². The number of hydrogen-bond donors (Lipinski definition) is 3. The van der Waals surface area contributed by atoms with Crippen LogP contribution in [-0.4, -0.2) is 34.8 Å². The normalized spacial score (nSPS) is 29.8. The summed E-state index contributed by atoms with van der Waals surface area (Å²) in [6, 6.07) is 26.5. The third-order valence-corrected chi connectivity index (χ3v) is 6.26. The molecule has 0 bridgehead atoms. The maximum absolute atomic E-state index is 12.5. The Morgan fingerprint density at radius 2 is 1.28 bits per heavy atom. The van der Waals surface area contributed by atoms with Gasteiger partial charge in [0.25, 0.3) is 0 Å².